The third-order valence-corrected chi connectivity index (χ3v) is 12.1. The van der Waals surface area contributed by atoms with Crippen LogP contribution in [-0.2, 0) is 38.2 Å². The molecule has 3 aliphatic heterocycles. The fraction of sp³-hybridized carbons (Fsp3) is 0.814. The molecule has 2 fully saturated rings. The zero-order valence-corrected chi connectivity index (χ0v) is 40.6. The molecule has 0 bridgehead atoms. The first-order chi connectivity index (χ1) is 33.8. The number of carbonyl (C=O) groups excluding carboxylic acids is 7. The number of ether oxygens (including phenoxy) is 2. The summed E-state index contributed by atoms with van der Waals surface area (Å²) in [6, 6.07) is -5.09. The lowest BCUT2D eigenvalue weighted by molar-refractivity contribution is -0.198. The number of aliphatic hydroxyl groups excluding tert-OH is 3. The lowest BCUT2D eigenvalue weighted by Crippen LogP contribution is -2.69. The van der Waals surface area contributed by atoms with Crippen LogP contribution in [0.3, 0.4) is 0 Å². The van der Waals surface area contributed by atoms with Crippen LogP contribution in [0.4, 0.5) is 4.79 Å². The van der Waals surface area contributed by atoms with Gasteiger partial charge in [0.1, 0.15) is 31.0 Å². The Kier molecular flexibility index (Phi) is 27.3. The van der Waals surface area contributed by atoms with Crippen LogP contribution in [0.1, 0.15) is 96.3 Å². The number of aliphatic hydroxyl groups is 3. The number of hydrogen-bond donors (Lipinski definition) is 18. The zero-order chi connectivity index (χ0) is 52.5. The van der Waals surface area contributed by atoms with Crippen LogP contribution in [0.5, 0.6) is 0 Å². The van der Waals surface area contributed by atoms with Gasteiger partial charge in [0.15, 0.2) is 18.2 Å². The van der Waals surface area contributed by atoms with Crippen molar-refractivity contribution in [2.75, 3.05) is 45.9 Å². The first-order valence-corrected chi connectivity index (χ1v) is 24.6. The number of rotatable bonds is 33. The molecule has 25 N–H and O–H groups in total. The Morgan fingerprint density at radius 1 is 0.662 bits per heavy atom. The molecule has 1 unspecified atom stereocenters. The van der Waals surface area contributed by atoms with E-state index in [4.69, 9.17) is 49.6 Å². The molecular formula is C43H82N16O12. The number of β-amino-alcohol motifs (C(OH)–C–C–N with tert-alkyl or cyclic N) is 1. The molecule has 13 atom stereocenters. The lowest BCUT2D eigenvalue weighted by Gasteiger charge is -2.43. The molecule has 406 valence electrons. The maximum absolute atomic E-state index is 13.1. The smallest absolute Gasteiger partial charge is 0.404 e. The topological polar surface area (TPSA) is 489 Å². The van der Waals surface area contributed by atoms with E-state index in [0.29, 0.717) is 84.0 Å². The fourth-order valence-corrected chi connectivity index (χ4v) is 8.21. The van der Waals surface area contributed by atoms with Crippen molar-refractivity contribution in [3.8, 4) is 0 Å². The van der Waals surface area contributed by atoms with E-state index < -0.39 is 91.4 Å². The Labute approximate surface area is 413 Å². The van der Waals surface area contributed by atoms with Crippen molar-refractivity contribution in [1.82, 2.24) is 42.5 Å². The van der Waals surface area contributed by atoms with Crippen molar-refractivity contribution in [2.45, 2.75) is 175 Å². The highest BCUT2D eigenvalue weighted by atomic mass is 16.6. The molecule has 7 amide bonds. The number of hydrogen-bond acceptors (Lipinski definition) is 21. The molecule has 3 aliphatic rings. The highest BCUT2D eigenvalue weighted by Crippen LogP contribution is 2.22. The van der Waals surface area contributed by atoms with Crippen molar-refractivity contribution < 1.29 is 58.4 Å². The molecule has 2 saturated heterocycles. The van der Waals surface area contributed by atoms with Gasteiger partial charge in [0.05, 0.1) is 12.1 Å². The zero-order valence-electron chi connectivity index (χ0n) is 40.6. The highest BCUT2D eigenvalue weighted by molar-refractivity contribution is 5.93. The Morgan fingerprint density at radius 3 is 1.49 bits per heavy atom. The molecular weight excluding hydrogens is 933 g/mol. The average molecular weight is 1020 g/mol. The maximum atomic E-state index is 13.1. The van der Waals surface area contributed by atoms with E-state index in [0.717, 1.165) is 6.42 Å². The first-order valence-electron chi connectivity index (χ1n) is 24.6. The summed E-state index contributed by atoms with van der Waals surface area (Å²) < 4.78 is 10.6. The van der Waals surface area contributed by atoms with E-state index in [1.807, 2.05) is 0 Å². The van der Waals surface area contributed by atoms with Crippen LogP contribution in [0.2, 0.25) is 0 Å². The predicted octanol–water partition coefficient (Wildman–Crippen LogP) is -7.30. The van der Waals surface area contributed by atoms with Gasteiger partial charge in [0.2, 0.25) is 35.4 Å². The summed E-state index contributed by atoms with van der Waals surface area (Å²) in [5.74, 6) is -1.80. The minimum atomic E-state index is -1.65. The van der Waals surface area contributed by atoms with Gasteiger partial charge in [-0.1, -0.05) is 0 Å². The quantitative estimate of drug-likeness (QED) is 0.0272. The van der Waals surface area contributed by atoms with E-state index in [1.54, 1.807) is 0 Å². The minimum Gasteiger partial charge on any atom is -0.447 e. The molecule has 3 heterocycles. The summed E-state index contributed by atoms with van der Waals surface area (Å²) in [7, 11) is 0. The number of fused-ring (bicyclic) bond motifs is 1. The van der Waals surface area contributed by atoms with Crippen molar-refractivity contribution in [3.63, 3.8) is 0 Å². The van der Waals surface area contributed by atoms with Crippen LogP contribution in [0.15, 0.2) is 4.99 Å². The van der Waals surface area contributed by atoms with Crippen LogP contribution in [0, 0.1) is 0 Å². The van der Waals surface area contributed by atoms with Gasteiger partial charge in [0.25, 0.3) is 0 Å². The molecule has 0 radical (unpaired) electrons. The highest BCUT2D eigenvalue weighted by Gasteiger charge is 2.48. The standard InChI is InChI=1S/C43H82N16O12/c44-11-1-6-23(45)16-30(61)51-12-2-7-24(46)17-31(62)52-13-3-8-25(47)18-32(63)53-14-4-9-26(48)19-33(64)54-15-5-10-27(49)20-34(65)56-37-39(67)38(66)29(22-70-42(50)69)71-41(37)59-43-57-35-28(60)21-55-40(68)36(35)58-43/h23-29,35-39,41,60,66-67H,1-22,44-49H2,(H2,50,69)(H,51,61)(H,52,62)(H,53,63)(H,54,64)(H,55,68)(H,56,65)(H2,57,58,59)/t23-,24-,25-,26-,27-,28+,29+,35?,36-,37+,38-,39-,41+/m0/s1. The second-order valence-electron chi connectivity index (χ2n) is 18.6. The normalized spacial score (nSPS) is 24.8. The second-order valence-corrected chi connectivity index (χ2v) is 18.6. The van der Waals surface area contributed by atoms with Gasteiger partial charge in [-0.15, -0.1) is 0 Å². The number of primary amides is 1. The summed E-state index contributed by atoms with van der Waals surface area (Å²) in [5, 5.41) is 54.3. The maximum Gasteiger partial charge on any atom is 0.404 e. The van der Waals surface area contributed by atoms with Crippen molar-refractivity contribution >= 4 is 47.5 Å². The molecule has 0 saturated carbocycles. The second kappa shape index (κ2) is 32.1. The number of guanidine groups is 1. The summed E-state index contributed by atoms with van der Waals surface area (Å²) in [4.78, 5) is 90.2. The van der Waals surface area contributed by atoms with Crippen molar-refractivity contribution in [2.24, 2.45) is 45.1 Å². The van der Waals surface area contributed by atoms with Crippen LogP contribution >= 0.6 is 0 Å². The molecule has 28 heteroatoms. The fourth-order valence-electron chi connectivity index (χ4n) is 8.21. The third kappa shape index (κ3) is 23.4. The Bertz CT molecular complexity index is 1740. The van der Waals surface area contributed by atoms with E-state index in [-0.39, 0.29) is 86.9 Å². The largest absolute Gasteiger partial charge is 0.447 e. The van der Waals surface area contributed by atoms with Crippen molar-refractivity contribution in [1.29, 1.82) is 0 Å². The van der Waals surface area contributed by atoms with Gasteiger partial charge < -0.3 is 107 Å². The van der Waals surface area contributed by atoms with Crippen LogP contribution in [0.25, 0.3) is 0 Å². The van der Waals surface area contributed by atoms with E-state index in [1.165, 1.54) is 0 Å². The molecule has 0 spiro atoms. The first kappa shape index (κ1) is 60.3. The lowest BCUT2D eigenvalue weighted by atomic mass is 9.95. The SMILES string of the molecule is NCCC[C@H](N)CC(=O)NCCC[C@H](N)CC(=O)NCCC[C@H](N)CC(=O)NCCC[C@H](N)CC(=O)NCCC[C@H](N)CC(=O)N[C@@H]1[C@H](O)[C@@H](O)[C@@H](COC(N)=O)O[C@H]1NC1=N[C@@H]2C(=O)NC[C@@H](O)C2N1. The number of nitrogens with one attached hydrogen (secondary N) is 8. The summed E-state index contributed by atoms with van der Waals surface area (Å²) in [6.45, 7) is 1.48. The average Bonchev–Trinajstić information content (AvgIpc) is 3.74. The van der Waals surface area contributed by atoms with Crippen LogP contribution in [-0.4, -0.2) is 188 Å². The Balaban J connectivity index is 1.24. The summed E-state index contributed by atoms with van der Waals surface area (Å²) in [6.07, 6.45) is -2.03. The molecule has 3 rings (SSSR count). The van der Waals surface area contributed by atoms with E-state index in [2.05, 4.69) is 47.5 Å². The molecule has 0 aromatic heterocycles. The summed E-state index contributed by atoms with van der Waals surface area (Å²) >= 11 is 0. The molecule has 0 aliphatic carbocycles. The van der Waals surface area contributed by atoms with Crippen molar-refractivity contribution in [3.05, 3.63) is 0 Å². The number of piperidine rings is 1. The van der Waals surface area contributed by atoms with E-state index >= 15 is 0 Å². The monoisotopic (exact) mass is 1010 g/mol. The van der Waals surface area contributed by atoms with Crippen LogP contribution < -0.4 is 82.7 Å². The molecule has 28 nitrogen and oxygen atoms in total. The van der Waals surface area contributed by atoms with Gasteiger partial charge >= 0.3 is 6.09 Å². The third-order valence-electron chi connectivity index (χ3n) is 12.1. The van der Waals surface area contributed by atoms with E-state index in [9.17, 15) is 48.9 Å². The van der Waals surface area contributed by atoms with Gasteiger partial charge in [-0.05, 0) is 70.8 Å². The van der Waals surface area contributed by atoms with Gasteiger partial charge in [-0.2, -0.15) is 0 Å². The Morgan fingerprint density at radius 2 is 1.08 bits per heavy atom. The number of carbonyl (C=O) groups is 7. The molecule has 0 aromatic carbocycles. The van der Waals surface area contributed by atoms with Gasteiger partial charge in [-0.3, -0.25) is 28.8 Å². The molecule has 71 heavy (non-hydrogen) atoms. The molecule has 0 aromatic rings. The summed E-state index contributed by atoms with van der Waals surface area (Å²) in [5.41, 5.74) is 41.0. The number of amides is 7. The number of nitrogens with two attached hydrogens (primary N) is 7. The Hall–Kier alpha value is -5.04. The minimum absolute atomic E-state index is 0.00440. The van der Waals surface area contributed by atoms with Gasteiger partial charge in [0, 0.05) is 95.0 Å². The predicted molar refractivity (Wildman–Crippen MR) is 259 cm³/mol. The number of aliphatic imine (C=N–C) groups is 1. The number of nitrogens with zero attached hydrogens (tertiary/aromatic N) is 1. The van der Waals surface area contributed by atoms with Gasteiger partial charge in [-0.25, -0.2) is 9.79 Å².